The van der Waals surface area contributed by atoms with Crippen molar-refractivity contribution in [3.05, 3.63) is 47.9 Å². The van der Waals surface area contributed by atoms with Crippen LogP contribution in [0.3, 0.4) is 0 Å². The van der Waals surface area contributed by atoms with Crippen molar-refractivity contribution in [2.24, 2.45) is 0 Å². The summed E-state index contributed by atoms with van der Waals surface area (Å²) in [5, 5.41) is 54.7. The lowest BCUT2D eigenvalue weighted by atomic mass is 10.2. The van der Waals surface area contributed by atoms with Crippen LogP contribution < -0.4 is 0 Å². The highest BCUT2D eigenvalue weighted by Crippen LogP contribution is 2.04. The van der Waals surface area contributed by atoms with Gasteiger partial charge in [0, 0.05) is 53.4 Å². The molecule has 0 fully saturated rings. The molecule has 0 rings (SSSR count). The van der Waals surface area contributed by atoms with Crippen molar-refractivity contribution in [3.63, 3.8) is 0 Å². The number of nitriles is 2. The molecule has 0 aliphatic rings. The van der Waals surface area contributed by atoms with Crippen LogP contribution >= 0.6 is 0 Å². The zero-order chi connectivity index (χ0) is 28.1. The molecule has 0 aromatic heterocycles. The third-order valence-electron chi connectivity index (χ3n) is 4.98. The Balaban J connectivity index is 4.81. The monoisotopic (exact) mass is 518 g/mol. The minimum atomic E-state index is -0.559. The first kappa shape index (κ1) is 33.3. The number of rotatable bonds is 18. The summed E-state index contributed by atoms with van der Waals surface area (Å²) in [5.74, 6) is -1.12. The minimum Gasteiger partial charge on any atom is -0.395 e. The average Bonchev–Trinajstić information content (AvgIpc) is 2.88. The van der Waals surface area contributed by atoms with Crippen LogP contribution in [-0.4, -0.2) is 132 Å². The van der Waals surface area contributed by atoms with Gasteiger partial charge in [-0.25, -0.2) is 0 Å². The van der Waals surface area contributed by atoms with Crippen LogP contribution in [0.5, 0.6) is 0 Å². The lowest BCUT2D eigenvalue weighted by molar-refractivity contribution is -0.128. The van der Waals surface area contributed by atoms with E-state index in [1.807, 2.05) is 36.0 Å². The lowest BCUT2D eigenvalue weighted by Crippen LogP contribution is -2.36. The van der Waals surface area contributed by atoms with Crippen LogP contribution in [0.1, 0.15) is 6.42 Å². The Morgan fingerprint density at radius 1 is 0.649 bits per heavy atom. The van der Waals surface area contributed by atoms with Crippen LogP contribution in [0.4, 0.5) is 0 Å². The van der Waals surface area contributed by atoms with Crippen LogP contribution in [0.2, 0.25) is 0 Å². The van der Waals surface area contributed by atoms with Gasteiger partial charge in [-0.15, -0.1) is 0 Å². The van der Waals surface area contributed by atoms with Crippen molar-refractivity contribution >= 4 is 11.8 Å². The van der Waals surface area contributed by atoms with Crippen molar-refractivity contribution < 1.29 is 30.0 Å². The van der Waals surface area contributed by atoms with Gasteiger partial charge in [-0.3, -0.25) is 9.59 Å². The van der Waals surface area contributed by atoms with E-state index in [-0.39, 0.29) is 63.8 Å². The largest absolute Gasteiger partial charge is 0.395 e. The van der Waals surface area contributed by atoms with Crippen molar-refractivity contribution in [3.8, 4) is 12.1 Å². The molecule has 0 unspecified atom stereocenters. The number of nitrogens with zero attached hydrogens (tertiary/aromatic N) is 6. The molecule has 0 aromatic carbocycles. The van der Waals surface area contributed by atoms with Gasteiger partial charge in [0.05, 0.1) is 26.4 Å². The summed E-state index contributed by atoms with van der Waals surface area (Å²) < 4.78 is 0. The van der Waals surface area contributed by atoms with Crippen molar-refractivity contribution in [2.45, 2.75) is 6.42 Å². The highest BCUT2D eigenvalue weighted by molar-refractivity contribution is 5.98. The highest BCUT2D eigenvalue weighted by Gasteiger charge is 2.17. The second-order valence-corrected chi connectivity index (χ2v) is 7.86. The molecular formula is C25H38N6O6. The topological polar surface area (TPSA) is 176 Å². The first-order valence-electron chi connectivity index (χ1n) is 11.8. The molecule has 0 radical (unpaired) electrons. The van der Waals surface area contributed by atoms with E-state index in [2.05, 4.69) is 0 Å². The van der Waals surface area contributed by atoms with Gasteiger partial charge in [0.25, 0.3) is 11.8 Å². The Hall–Kier alpha value is -3.68. The Bertz CT molecular complexity index is 818. The molecule has 0 aliphatic heterocycles. The minimum absolute atomic E-state index is 0.0276. The summed E-state index contributed by atoms with van der Waals surface area (Å²) >= 11 is 0. The van der Waals surface area contributed by atoms with Crippen LogP contribution in [0.25, 0.3) is 0 Å². The molecule has 4 N–H and O–H groups in total. The number of aliphatic hydroxyl groups is 4. The smallest absolute Gasteiger partial charge is 0.264 e. The van der Waals surface area contributed by atoms with E-state index in [0.29, 0.717) is 13.1 Å². The Morgan fingerprint density at radius 2 is 0.973 bits per heavy atom. The van der Waals surface area contributed by atoms with Gasteiger partial charge in [0.1, 0.15) is 23.3 Å². The van der Waals surface area contributed by atoms with Crippen molar-refractivity contribution in [1.29, 1.82) is 10.5 Å². The normalized spacial score (nSPS) is 11.9. The first-order valence-corrected chi connectivity index (χ1v) is 11.8. The van der Waals surface area contributed by atoms with E-state index >= 15 is 0 Å². The maximum absolute atomic E-state index is 12.3. The van der Waals surface area contributed by atoms with Gasteiger partial charge in [-0.1, -0.05) is 0 Å². The van der Waals surface area contributed by atoms with Gasteiger partial charge in [-0.05, 0) is 43.1 Å². The van der Waals surface area contributed by atoms with Gasteiger partial charge < -0.3 is 40.0 Å². The summed E-state index contributed by atoms with van der Waals surface area (Å²) in [6.07, 6.45) is 10.2. The third-order valence-corrected chi connectivity index (χ3v) is 4.98. The average molecular weight is 519 g/mol. The fourth-order valence-corrected chi connectivity index (χ4v) is 3.06. The van der Waals surface area contributed by atoms with Gasteiger partial charge >= 0.3 is 0 Å². The van der Waals surface area contributed by atoms with E-state index in [4.69, 9.17) is 20.4 Å². The van der Waals surface area contributed by atoms with E-state index in [0.717, 1.165) is 6.42 Å². The molecule has 0 bridgehead atoms. The Morgan fingerprint density at radius 3 is 1.24 bits per heavy atom. The van der Waals surface area contributed by atoms with E-state index in [1.54, 1.807) is 24.6 Å². The van der Waals surface area contributed by atoms with E-state index < -0.39 is 11.8 Å². The molecule has 0 aromatic rings. The number of carbonyl (C=O) groups is 2. The molecule has 0 atom stereocenters. The van der Waals surface area contributed by atoms with Crippen molar-refractivity contribution in [2.75, 3.05) is 79.8 Å². The molecule has 0 saturated heterocycles. The van der Waals surface area contributed by atoms with Crippen LogP contribution in [-0.2, 0) is 9.59 Å². The molecule has 2 amide bonds. The Kier molecular flexibility index (Phi) is 18.5. The maximum Gasteiger partial charge on any atom is 0.264 e. The molecule has 0 saturated carbocycles. The quantitative estimate of drug-likeness (QED) is 0.0979. The number of amides is 2. The zero-order valence-corrected chi connectivity index (χ0v) is 21.5. The van der Waals surface area contributed by atoms with E-state index in [9.17, 15) is 20.1 Å². The van der Waals surface area contributed by atoms with Gasteiger partial charge in [0.2, 0.25) is 0 Å². The summed E-state index contributed by atoms with van der Waals surface area (Å²) in [5.41, 5.74) is -0.203. The number of hydrogen-bond donors (Lipinski definition) is 4. The molecule has 0 aliphatic carbocycles. The summed E-state index contributed by atoms with van der Waals surface area (Å²) in [6, 6.07) is 3.68. The lowest BCUT2D eigenvalue weighted by Gasteiger charge is -2.20. The standard InChI is InChI=1S/C25H38N6O6/c1-28(8-3-6-22(20-26)24(36)30(12-16-32)13-17-33)10-5-11-29(2)9-4-7-23(21-27)25(37)31(14-18-34)15-19-35/h3-4,6-9,32-35H,5,10-19H2,1-2H3. The fraction of sp³-hybridized carbons (Fsp3) is 0.520. The number of carbonyl (C=O) groups excluding carboxylic acids is 2. The predicted molar refractivity (Wildman–Crippen MR) is 137 cm³/mol. The molecule has 204 valence electrons. The second kappa shape index (κ2) is 20.5. The van der Waals surface area contributed by atoms with Gasteiger partial charge in [-0.2, -0.15) is 10.5 Å². The molecule has 0 heterocycles. The Labute approximate surface area is 218 Å². The third kappa shape index (κ3) is 13.8. The maximum atomic E-state index is 12.3. The second-order valence-electron chi connectivity index (χ2n) is 7.86. The number of aliphatic hydroxyl groups excluding tert-OH is 4. The van der Waals surface area contributed by atoms with Crippen molar-refractivity contribution in [1.82, 2.24) is 19.6 Å². The first-order chi connectivity index (χ1) is 17.8. The fourth-order valence-electron chi connectivity index (χ4n) is 3.06. The molecule has 0 spiro atoms. The van der Waals surface area contributed by atoms with Crippen LogP contribution in [0.15, 0.2) is 47.9 Å². The van der Waals surface area contributed by atoms with E-state index in [1.165, 1.54) is 22.0 Å². The number of hydrogen-bond acceptors (Lipinski definition) is 10. The number of allylic oxidation sites excluding steroid dienone is 4. The van der Waals surface area contributed by atoms with Gasteiger partial charge in [0.15, 0.2) is 0 Å². The zero-order valence-electron chi connectivity index (χ0n) is 21.5. The summed E-state index contributed by atoms with van der Waals surface area (Å²) in [6.45, 7) is 0.383. The highest BCUT2D eigenvalue weighted by atomic mass is 16.3. The summed E-state index contributed by atoms with van der Waals surface area (Å²) in [4.78, 5) is 30.9. The molecule has 12 heteroatoms. The SMILES string of the molecule is CN(C=CC=C(C#N)C(=O)N(CCO)CCO)CCCN(C)C=CC=C(C#N)C(=O)N(CCO)CCO. The molecule has 12 nitrogen and oxygen atoms in total. The predicted octanol–water partition coefficient (Wildman–Crippen LogP) is -1.21. The molecular weight excluding hydrogens is 480 g/mol. The molecule has 37 heavy (non-hydrogen) atoms. The van der Waals surface area contributed by atoms with Crippen LogP contribution in [0, 0.1) is 22.7 Å². The summed E-state index contributed by atoms with van der Waals surface area (Å²) in [7, 11) is 3.69.